The molecule has 0 aromatic heterocycles. The summed E-state index contributed by atoms with van der Waals surface area (Å²) in [6.07, 6.45) is 3.44. The Kier molecular flexibility index (Phi) is 5.37. The summed E-state index contributed by atoms with van der Waals surface area (Å²) in [6.45, 7) is 3.45. The maximum atomic E-state index is 14.3. The molecule has 0 radical (unpaired) electrons. The molecule has 0 aliphatic rings. The van der Waals surface area contributed by atoms with Crippen LogP contribution in [0.25, 0.3) is 12.2 Å². The van der Waals surface area contributed by atoms with Gasteiger partial charge in [-0.1, -0.05) is 56.3 Å². The van der Waals surface area contributed by atoms with Gasteiger partial charge in [-0.2, -0.15) is 0 Å². The number of halogens is 1. The fraction of sp³-hybridized carbons (Fsp3) is 0.176. The van der Waals surface area contributed by atoms with Crippen molar-refractivity contribution in [3.63, 3.8) is 0 Å². The number of phosphoric acid groups is 1. The summed E-state index contributed by atoms with van der Waals surface area (Å²) in [5.41, 5.74) is 1.53. The van der Waals surface area contributed by atoms with Gasteiger partial charge in [0.2, 0.25) is 0 Å². The molecule has 2 aromatic carbocycles. The highest BCUT2D eigenvalue weighted by Gasteiger charge is 2.22. The van der Waals surface area contributed by atoms with Crippen molar-refractivity contribution in [2.45, 2.75) is 19.8 Å². The van der Waals surface area contributed by atoms with E-state index >= 15 is 0 Å². The Hall–Kier alpha value is -1.94. The first-order valence-corrected chi connectivity index (χ1v) is 8.61. The second kappa shape index (κ2) is 7.09. The average molecular weight is 336 g/mol. The first-order chi connectivity index (χ1) is 10.8. The lowest BCUT2D eigenvalue weighted by Gasteiger charge is -2.16. The third-order valence-electron chi connectivity index (χ3n) is 3.18. The molecule has 23 heavy (non-hydrogen) atoms. The Morgan fingerprint density at radius 1 is 1.09 bits per heavy atom. The van der Waals surface area contributed by atoms with E-state index in [9.17, 15) is 8.96 Å². The van der Waals surface area contributed by atoms with Crippen molar-refractivity contribution in [2.75, 3.05) is 0 Å². The minimum Gasteiger partial charge on any atom is -0.404 e. The van der Waals surface area contributed by atoms with E-state index in [4.69, 9.17) is 9.79 Å². The van der Waals surface area contributed by atoms with E-state index in [0.717, 1.165) is 5.56 Å². The summed E-state index contributed by atoms with van der Waals surface area (Å²) in [5, 5.41) is 0. The van der Waals surface area contributed by atoms with Gasteiger partial charge >= 0.3 is 7.82 Å². The minimum atomic E-state index is -4.76. The molecule has 0 fully saturated rings. The predicted octanol–water partition coefficient (Wildman–Crippen LogP) is 4.59. The molecule has 0 saturated heterocycles. The lowest BCUT2D eigenvalue weighted by Crippen LogP contribution is -2.01. The lowest BCUT2D eigenvalue weighted by molar-refractivity contribution is 0.281. The van der Waals surface area contributed by atoms with E-state index in [0.29, 0.717) is 5.56 Å². The van der Waals surface area contributed by atoms with Crippen LogP contribution in [0, 0.1) is 5.82 Å². The Morgan fingerprint density at radius 3 is 2.26 bits per heavy atom. The standard InChI is InChI=1S/C17H18FO4P/c1-12(2)17-15(18)10-14(11-16(17)22-23(19,20)21)9-8-13-6-4-3-5-7-13/h3-12H,1-2H3,(H2,19,20,21). The molecule has 4 nitrogen and oxygen atoms in total. The van der Waals surface area contributed by atoms with Crippen molar-refractivity contribution >= 4 is 20.0 Å². The van der Waals surface area contributed by atoms with Crippen LogP contribution in [-0.2, 0) is 4.57 Å². The van der Waals surface area contributed by atoms with E-state index in [-0.39, 0.29) is 17.2 Å². The van der Waals surface area contributed by atoms with E-state index in [2.05, 4.69) is 4.52 Å². The molecule has 0 spiro atoms. The van der Waals surface area contributed by atoms with Gasteiger partial charge in [-0.3, -0.25) is 9.79 Å². The largest absolute Gasteiger partial charge is 0.524 e. The van der Waals surface area contributed by atoms with Gasteiger partial charge in [0.05, 0.1) is 0 Å². The highest BCUT2D eigenvalue weighted by molar-refractivity contribution is 7.46. The van der Waals surface area contributed by atoms with E-state index in [1.165, 1.54) is 12.1 Å². The van der Waals surface area contributed by atoms with Crippen LogP contribution in [0.2, 0.25) is 0 Å². The summed E-state index contributed by atoms with van der Waals surface area (Å²) in [7, 11) is -4.76. The van der Waals surface area contributed by atoms with E-state index in [1.54, 1.807) is 26.0 Å². The van der Waals surface area contributed by atoms with Gasteiger partial charge in [-0.05, 0) is 29.2 Å². The summed E-state index contributed by atoms with van der Waals surface area (Å²) in [6, 6.07) is 12.2. The Labute approximate surface area is 134 Å². The van der Waals surface area contributed by atoms with Crippen LogP contribution in [0.4, 0.5) is 4.39 Å². The molecule has 0 aliphatic carbocycles. The third kappa shape index (κ3) is 5.03. The highest BCUT2D eigenvalue weighted by atomic mass is 31.2. The van der Waals surface area contributed by atoms with Crippen LogP contribution in [0.1, 0.15) is 36.5 Å². The zero-order chi connectivity index (χ0) is 17.0. The van der Waals surface area contributed by atoms with Crippen molar-refractivity contribution in [3.8, 4) is 5.75 Å². The lowest BCUT2D eigenvalue weighted by atomic mass is 9.99. The SMILES string of the molecule is CC(C)c1c(F)cc(C=Cc2ccccc2)cc1OP(=O)(O)O. The maximum Gasteiger partial charge on any atom is 0.524 e. The second-order valence-corrected chi connectivity index (χ2v) is 6.56. The van der Waals surface area contributed by atoms with Crippen LogP contribution in [-0.4, -0.2) is 9.79 Å². The summed E-state index contributed by atoms with van der Waals surface area (Å²) < 4.78 is 30.1. The number of benzene rings is 2. The maximum absolute atomic E-state index is 14.3. The molecule has 0 saturated carbocycles. The molecule has 2 N–H and O–H groups in total. The smallest absolute Gasteiger partial charge is 0.404 e. The molecule has 2 aromatic rings. The van der Waals surface area contributed by atoms with Crippen molar-refractivity contribution in [3.05, 3.63) is 65.0 Å². The van der Waals surface area contributed by atoms with Crippen molar-refractivity contribution in [1.29, 1.82) is 0 Å². The number of hydrogen-bond acceptors (Lipinski definition) is 2. The first-order valence-electron chi connectivity index (χ1n) is 7.08. The molecule has 0 heterocycles. The van der Waals surface area contributed by atoms with Gasteiger partial charge in [0.15, 0.2) is 0 Å². The third-order valence-corrected chi connectivity index (χ3v) is 3.61. The number of rotatable bonds is 5. The van der Waals surface area contributed by atoms with Gasteiger partial charge < -0.3 is 4.52 Å². The molecule has 122 valence electrons. The number of hydrogen-bond donors (Lipinski definition) is 2. The van der Waals surface area contributed by atoms with Gasteiger partial charge in [-0.15, -0.1) is 0 Å². The van der Waals surface area contributed by atoms with Crippen LogP contribution in [0.3, 0.4) is 0 Å². The van der Waals surface area contributed by atoms with Crippen molar-refractivity contribution in [1.82, 2.24) is 0 Å². The van der Waals surface area contributed by atoms with Gasteiger partial charge in [0.1, 0.15) is 11.6 Å². The van der Waals surface area contributed by atoms with Gasteiger partial charge in [0, 0.05) is 5.56 Å². The Balaban J connectivity index is 2.42. The Bertz CT molecular complexity index is 751. The van der Waals surface area contributed by atoms with E-state index < -0.39 is 13.6 Å². The van der Waals surface area contributed by atoms with Crippen LogP contribution in [0.15, 0.2) is 42.5 Å². The number of phosphoric ester groups is 1. The van der Waals surface area contributed by atoms with Gasteiger partial charge in [-0.25, -0.2) is 8.96 Å². The predicted molar refractivity (Wildman–Crippen MR) is 88.5 cm³/mol. The summed E-state index contributed by atoms with van der Waals surface area (Å²) in [5.74, 6) is -0.969. The zero-order valence-corrected chi connectivity index (χ0v) is 13.7. The molecule has 0 atom stereocenters. The van der Waals surface area contributed by atoms with Crippen molar-refractivity contribution in [2.24, 2.45) is 0 Å². The average Bonchev–Trinajstić information content (AvgIpc) is 2.43. The second-order valence-electron chi connectivity index (χ2n) is 5.40. The molecular formula is C17H18FO4P. The molecule has 0 bridgehead atoms. The molecule has 2 rings (SSSR count). The first kappa shape index (κ1) is 17.4. The molecule has 0 unspecified atom stereocenters. The molecule has 0 aliphatic heterocycles. The fourth-order valence-corrected chi connectivity index (χ4v) is 2.64. The van der Waals surface area contributed by atoms with E-state index in [1.807, 2.05) is 30.3 Å². The minimum absolute atomic E-state index is 0.138. The molecular weight excluding hydrogens is 318 g/mol. The summed E-state index contributed by atoms with van der Waals surface area (Å²) in [4.78, 5) is 18.0. The normalized spacial score (nSPS) is 12.1. The fourth-order valence-electron chi connectivity index (χ4n) is 2.23. The Morgan fingerprint density at radius 2 is 1.70 bits per heavy atom. The van der Waals surface area contributed by atoms with Crippen LogP contribution in [0.5, 0.6) is 5.75 Å². The highest BCUT2D eigenvalue weighted by Crippen LogP contribution is 2.42. The molecule has 0 amide bonds. The van der Waals surface area contributed by atoms with Crippen LogP contribution >= 0.6 is 7.82 Å². The quantitative estimate of drug-likeness (QED) is 0.619. The topological polar surface area (TPSA) is 66.8 Å². The van der Waals surface area contributed by atoms with Gasteiger partial charge in [0.25, 0.3) is 0 Å². The zero-order valence-electron chi connectivity index (χ0n) is 12.8. The summed E-state index contributed by atoms with van der Waals surface area (Å²) >= 11 is 0. The van der Waals surface area contributed by atoms with Crippen LogP contribution < -0.4 is 4.52 Å². The van der Waals surface area contributed by atoms with Crippen molar-refractivity contribution < 1.29 is 23.3 Å². The molecule has 6 heteroatoms. The monoisotopic (exact) mass is 336 g/mol.